The molecule has 1 aliphatic heterocycles. The highest BCUT2D eigenvalue weighted by atomic mass is 16.5. The van der Waals surface area contributed by atoms with Crippen LogP contribution in [0.25, 0.3) is 11.1 Å². The van der Waals surface area contributed by atoms with Crippen molar-refractivity contribution in [3.63, 3.8) is 0 Å². The summed E-state index contributed by atoms with van der Waals surface area (Å²) in [6.07, 6.45) is 1.45. The van der Waals surface area contributed by atoms with Gasteiger partial charge in [0.05, 0.1) is 23.2 Å². The Morgan fingerprint density at radius 2 is 2.37 bits per heavy atom. The van der Waals surface area contributed by atoms with Crippen LogP contribution in [0.4, 0.5) is 0 Å². The van der Waals surface area contributed by atoms with E-state index in [1.54, 1.807) is 13.0 Å². The van der Waals surface area contributed by atoms with Crippen LogP contribution in [0.1, 0.15) is 16.1 Å². The lowest BCUT2D eigenvalue weighted by atomic mass is 10.2. The SMILES string of the molecule is Cc1noc2ncc(C(=O)N3CCNC(=O)C3)cc12. The Balaban J connectivity index is 1.92. The van der Waals surface area contributed by atoms with Gasteiger partial charge in [-0.1, -0.05) is 5.16 Å². The van der Waals surface area contributed by atoms with Crippen molar-refractivity contribution in [3.8, 4) is 0 Å². The third-order valence-corrected chi connectivity index (χ3v) is 3.08. The minimum absolute atomic E-state index is 0.0828. The van der Waals surface area contributed by atoms with E-state index >= 15 is 0 Å². The van der Waals surface area contributed by atoms with Gasteiger partial charge in [0.15, 0.2) is 0 Å². The lowest BCUT2D eigenvalue weighted by Gasteiger charge is -2.26. The molecule has 19 heavy (non-hydrogen) atoms. The molecule has 1 saturated heterocycles. The van der Waals surface area contributed by atoms with Gasteiger partial charge in [0.1, 0.15) is 0 Å². The van der Waals surface area contributed by atoms with E-state index in [-0.39, 0.29) is 18.4 Å². The fourth-order valence-electron chi connectivity index (χ4n) is 2.06. The van der Waals surface area contributed by atoms with Crippen LogP contribution < -0.4 is 5.32 Å². The van der Waals surface area contributed by atoms with Gasteiger partial charge in [-0.25, -0.2) is 4.98 Å². The Kier molecular flexibility index (Phi) is 2.66. The van der Waals surface area contributed by atoms with Crippen molar-refractivity contribution in [2.75, 3.05) is 19.6 Å². The zero-order chi connectivity index (χ0) is 13.4. The number of carbonyl (C=O) groups is 2. The van der Waals surface area contributed by atoms with Crippen LogP contribution in [0.3, 0.4) is 0 Å². The Labute approximate surface area is 108 Å². The highest BCUT2D eigenvalue weighted by Crippen LogP contribution is 2.17. The van der Waals surface area contributed by atoms with Gasteiger partial charge >= 0.3 is 0 Å². The topological polar surface area (TPSA) is 88.3 Å². The summed E-state index contributed by atoms with van der Waals surface area (Å²) in [6.45, 7) is 2.85. The molecule has 0 spiro atoms. The summed E-state index contributed by atoms with van der Waals surface area (Å²) >= 11 is 0. The first-order valence-corrected chi connectivity index (χ1v) is 5.93. The molecular weight excluding hydrogens is 248 g/mol. The molecule has 0 aromatic carbocycles. The molecule has 0 aliphatic carbocycles. The van der Waals surface area contributed by atoms with E-state index in [1.165, 1.54) is 11.1 Å². The van der Waals surface area contributed by atoms with Crippen LogP contribution in [0.2, 0.25) is 0 Å². The van der Waals surface area contributed by atoms with Gasteiger partial charge < -0.3 is 14.7 Å². The minimum Gasteiger partial charge on any atom is -0.353 e. The molecule has 0 saturated carbocycles. The highest BCUT2D eigenvalue weighted by Gasteiger charge is 2.23. The van der Waals surface area contributed by atoms with Crippen LogP contribution in [0, 0.1) is 6.92 Å². The Morgan fingerprint density at radius 3 is 3.16 bits per heavy atom. The van der Waals surface area contributed by atoms with E-state index in [0.717, 1.165) is 0 Å². The van der Waals surface area contributed by atoms with Crippen molar-refractivity contribution < 1.29 is 14.1 Å². The number of nitrogens with zero attached hydrogens (tertiary/aromatic N) is 3. The molecule has 2 aromatic rings. The summed E-state index contributed by atoms with van der Waals surface area (Å²) in [4.78, 5) is 29.1. The summed E-state index contributed by atoms with van der Waals surface area (Å²) in [5.41, 5.74) is 1.53. The first kappa shape index (κ1) is 11.6. The quantitative estimate of drug-likeness (QED) is 0.785. The van der Waals surface area contributed by atoms with Crippen LogP contribution >= 0.6 is 0 Å². The van der Waals surface area contributed by atoms with E-state index in [2.05, 4.69) is 15.5 Å². The maximum atomic E-state index is 12.3. The molecule has 2 amide bonds. The largest absolute Gasteiger partial charge is 0.353 e. The lowest BCUT2D eigenvalue weighted by molar-refractivity contribution is -0.123. The van der Waals surface area contributed by atoms with Crippen molar-refractivity contribution in [3.05, 3.63) is 23.5 Å². The number of amides is 2. The van der Waals surface area contributed by atoms with E-state index in [9.17, 15) is 9.59 Å². The molecule has 0 bridgehead atoms. The van der Waals surface area contributed by atoms with Gasteiger partial charge in [0.2, 0.25) is 5.91 Å². The monoisotopic (exact) mass is 260 g/mol. The van der Waals surface area contributed by atoms with Crippen LogP contribution in [-0.4, -0.2) is 46.5 Å². The molecule has 7 nitrogen and oxygen atoms in total. The van der Waals surface area contributed by atoms with Crippen molar-refractivity contribution in [2.45, 2.75) is 6.92 Å². The van der Waals surface area contributed by atoms with E-state index in [4.69, 9.17) is 4.52 Å². The number of hydrogen-bond donors (Lipinski definition) is 1. The summed E-state index contributed by atoms with van der Waals surface area (Å²) < 4.78 is 5.00. The summed E-state index contributed by atoms with van der Waals surface area (Å²) in [6, 6.07) is 1.70. The van der Waals surface area contributed by atoms with Gasteiger partial charge in [-0.2, -0.15) is 0 Å². The molecule has 1 aliphatic rings. The predicted molar refractivity (Wildman–Crippen MR) is 65.5 cm³/mol. The second kappa shape index (κ2) is 4.34. The smallest absolute Gasteiger partial charge is 0.257 e. The standard InChI is InChI=1S/C12H12N4O3/c1-7-9-4-8(5-14-11(9)19-15-7)12(18)16-3-2-13-10(17)6-16/h4-5H,2-3,6H2,1H3,(H,13,17). The molecule has 98 valence electrons. The highest BCUT2D eigenvalue weighted by molar-refractivity contribution is 5.99. The molecular formula is C12H12N4O3. The Bertz CT molecular complexity index is 664. The molecule has 0 atom stereocenters. The number of rotatable bonds is 1. The van der Waals surface area contributed by atoms with E-state index < -0.39 is 0 Å². The third kappa shape index (κ3) is 2.03. The molecule has 0 radical (unpaired) electrons. The van der Waals surface area contributed by atoms with Gasteiger partial charge in [0, 0.05) is 19.3 Å². The number of carbonyl (C=O) groups excluding carboxylic acids is 2. The number of pyridine rings is 1. The molecule has 7 heteroatoms. The number of piperazine rings is 1. The number of hydrogen-bond acceptors (Lipinski definition) is 5. The molecule has 3 rings (SSSR count). The van der Waals surface area contributed by atoms with Crippen LogP contribution in [0.5, 0.6) is 0 Å². The summed E-state index contributed by atoms with van der Waals surface area (Å²) in [5, 5.41) is 7.19. The second-order valence-corrected chi connectivity index (χ2v) is 4.42. The number of aryl methyl sites for hydroxylation is 1. The van der Waals surface area contributed by atoms with Crippen molar-refractivity contribution in [2.24, 2.45) is 0 Å². The molecule has 0 unspecified atom stereocenters. The first-order chi connectivity index (χ1) is 9.15. The maximum absolute atomic E-state index is 12.3. The molecule has 1 N–H and O–H groups in total. The lowest BCUT2D eigenvalue weighted by Crippen LogP contribution is -2.49. The Hall–Kier alpha value is -2.44. The average Bonchev–Trinajstić information content (AvgIpc) is 2.79. The van der Waals surface area contributed by atoms with E-state index in [1.807, 2.05) is 0 Å². The van der Waals surface area contributed by atoms with Crippen LogP contribution in [-0.2, 0) is 4.79 Å². The fraction of sp³-hybridized carbons (Fsp3) is 0.333. The number of fused-ring (bicyclic) bond motifs is 1. The van der Waals surface area contributed by atoms with Gasteiger partial charge in [-0.05, 0) is 13.0 Å². The molecule has 2 aromatic heterocycles. The Morgan fingerprint density at radius 1 is 1.53 bits per heavy atom. The average molecular weight is 260 g/mol. The zero-order valence-electron chi connectivity index (χ0n) is 10.3. The zero-order valence-corrected chi connectivity index (χ0v) is 10.3. The van der Waals surface area contributed by atoms with Gasteiger partial charge in [-0.15, -0.1) is 0 Å². The third-order valence-electron chi connectivity index (χ3n) is 3.08. The predicted octanol–water partition coefficient (Wildman–Crippen LogP) is 0.103. The van der Waals surface area contributed by atoms with Crippen LogP contribution in [0.15, 0.2) is 16.8 Å². The first-order valence-electron chi connectivity index (χ1n) is 5.93. The fourth-order valence-corrected chi connectivity index (χ4v) is 2.06. The maximum Gasteiger partial charge on any atom is 0.257 e. The molecule has 1 fully saturated rings. The van der Waals surface area contributed by atoms with Crippen molar-refractivity contribution in [1.29, 1.82) is 0 Å². The van der Waals surface area contributed by atoms with Gasteiger partial charge in [0.25, 0.3) is 11.6 Å². The summed E-state index contributed by atoms with van der Waals surface area (Å²) in [5.74, 6) is -0.348. The summed E-state index contributed by atoms with van der Waals surface area (Å²) in [7, 11) is 0. The number of aromatic nitrogens is 2. The van der Waals surface area contributed by atoms with Gasteiger partial charge in [-0.3, -0.25) is 9.59 Å². The number of nitrogens with one attached hydrogen (secondary N) is 1. The minimum atomic E-state index is -0.204. The van der Waals surface area contributed by atoms with Crippen molar-refractivity contribution in [1.82, 2.24) is 20.4 Å². The van der Waals surface area contributed by atoms with E-state index in [0.29, 0.717) is 35.4 Å². The van der Waals surface area contributed by atoms with Crippen molar-refractivity contribution >= 4 is 22.9 Å². The molecule has 3 heterocycles. The second-order valence-electron chi connectivity index (χ2n) is 4.42. The normalized spacial score (nSPS) is 15.6.